The number of ether oxygens (including phenoxy) is 1. The van der Waals surface area contributed by atoms with Crippen LogP contribution in [-0.4, -0.2) is 58.1 Å². The summed E-state index contributed by atoms with van der Waals surface area (Å²) in [7, 11) is 0. The van der Waals surface area contributed by atoms with Gasteiger partial charge in [0.2, 0.25) is 0 Å². The van der Waals surface area contributed by atoms with Crippen molar-refractivity contribution in [3.05, 3.63) is 48.0 Å². The van der Waals surface area contributed by atoms with Crippen molar-refractivity contribution < 1.29 is 33.6 Å². The quantitative estimate of drug-likeness (QED) is 0.352. The molecule has 0 radical (unpaired) electrons. The van der Waals surface area contributed by atoms with E-state index in [0.717, 1.165) is 12.0 Å². The third kappa shape index (κ3) is 5.13. The number of allylic oxidation sites excluding steroid dienone is 2. The average Bonchev–Trinajstić information content (AvgIpc) is 3.54. The normalized spacial score (nSPS) is 30.6. The highest BCUT2D eigenvalue weighted by molar-refractivity contribution is 6.06. The molecule has 1 aromatic rings. The molecule has 0 aromatic heterocycles. The first-order valence-electron chi connectivity index (χ1n) is 12.8. The second kappa shape index (κ2) is 9.90. The van der Waals surface area contributed by atoms with Gasteiger partial charge in [0.1, 0.15) is 11.6 Å². The van der Waals surface area contributed by atoms with E-state index in [2.05, 4.69) is 5.48 Å². The van der Waals surface area contributed by atoms with Crippen LogP contribution in [0.15, 0.2) is 42.5 Å². The summed E-state index contributed by atoms with van der Waals surface area (Å²) in [6, 6.07) is 8.39. The standard InChI is InChI=1S/C27H33N3O7/c1-27(2,3)36-26(34)29-14-19(28-35-15-16-7-5-4-6-8-16)11-12-20(29)25(33)37-30-23(31)21-17-9-10-18(13-17)22(21)24(30)32/h4-10,17-22,28H,11-15H2,1-3H3/t17-,18+,19-,20+,21-,22+/m1/s1. The van der Waals surface area contributed by atoms with Gasteiger partial charge in [0, 0.05) is 6.54 Å². The van der Waals surface area contributed by atoms with Crippen LogP contribution in [0.2, 0.25) is 0 Å². The molecule has 37 heavy (non-hydrogen) atoms. The monoisotopic (exact) mass is 511 g/mol. The van der Waals surface area contributed by atoms with Gasteiger partial charge in [-0.15, -0.1) is 5.06 Å². The van der Waals surface area contributed by atoms with Crippen LogP contribution >= 0.6 is 0 Å². The maximum absolute atomic E-state index is 13.2. The van der Waals surface area contributed by atoms with Gasteiger partial charge in [0.05, 0.1) is 24.5 Å². The minimum Gasteiger partial charge on any atom is -0.444 e. The average molecular weight is 512 g/mol. The number of carbonyl (C=O) groups is 4. The number of hydroxylamine groups is 3. The molecule has 1 N–H and O–H groups in total. The van der Waals surface area contributed by atoms with Crippen LogP contribution in [0.1, 0.15) is 45.6 Å². The Morgan fingerprint density at radius 1 is 1.00 bits per heavy atom. The van der Waals surface area contributed by atoms with E-state index in [1.165, 1.54) is 4.90 Å². The van der Waals surface area contributed by atoms with Crippen LogP contribution in [-0.2, 0) is 35.4 Å². The van der Waals surface area contributed by atoms with Gasteiger partial charge in [-0.1, -0.05) is 42.5 Å². The molecule has 10 nitrogen and oxygen atoms in total. The summed E-state index contributed by atoms with van der Waals surface area (Å²) >= 11 is 0. The lowest BCUT2D eigenvalue weighted by atomic mass is 9.85. The minimum absolute atomic E-state index is 0.00538. The Balaban J connectivity index is 1.24. The van der Waals surface area contributed by atoms with Crippen LogP contribution in [0.25, 0.3) is 0 Å². The molecule has 1 aromatic carbocycles. The highest BCUT2D eigenvalue weighted by Crippen LogP contribution is 2.52. The molecule has 10 heteroatoms. The van der Waals surface area contributed by atoms with E-state index in [4.69, 9.17) is 14.4 Å². The molecular formula is C27H33N3O7. The fourth-order valence-corrected chi connectivity index (χ4v) is 5.77. The summed E-state index contributed by atoms with van der Waals surface area (Å²) in [4.78, 5) is 64.5. The van der Waals surface area contributed by atoms with Crippen LogP contribution < -0.4 is 5.48 Å². The van der Waals surface area contributed by atoms with Crippen molar-refractivity contribution in [2.45, 2.75) is 64.3 Å². The largest absolute Gasteiger partial charge is 0.444 e. The van der Waals surface area contributed by atoms with Crippen molar-refractivity contribution in [3.8, 4) is 0 Å². The van der Waals surface area contributed by atoms with Crippen molar-refractivity contribution in [3.63, 3.8) is 0 Å². The first-order valence-corrected chi connectivity index (χ1v) is 12.8. The van der Waals surface area contributed by atoms with Gasteiger partial charge in [-0.2, -0.15) is 5.48 Å². The number of carbonyl (C=O) groups excluding carboxylic acids is 4. The van der Waals surface area contributed by atoms with Crippen LogP contribution in [0.3, 0.4) is 0 Å². The summed E-state index contributed by atoms with van der Waals surface area (Å²) in [6.07, 6.45) is 4.81. The van der Waals surface area contributed by atoms with Crippen molar-refractivity contribution in [2.24, 2.45) is 23.7 Å². The molecule has 4 aliphatic rings. The zero-order valence-electron chi connectivity index (χ0n) is 21.3. The molecular weight excluding hydrogens is 478 g/mol. The fourth-order valence-electron chi connectivity index (χ4n) is 5.77. The second-order valence-corrected chi connectivity index (χ2v) is 11.2. The number of benzene rings is 1. The Hall–Kier alpha value is -3.24. The molecule has 2 saturated heterocycles. The van der Waals surface area contributed by atoms with Crippen LogP contribution in [0, 0.1) is 23.7 Å². The number of amides is 3. The lowest BCUT2D eigenvalue weighted by Gasteiger charge is -2.38. The molecule has 2 aliphatic heterocycles. The Kier molecular flexibility index (Phi) is 6.80. The minimum atomic E-state index is -1.00. The number of nitrogens with one attached hydrogen (secondary N) is 1. The second-order valence-electron chi connectivity index (χ2n) is 11.2. The lowest BCUT2D eigenvalue weighted by molar-refractivity contribution is -0.203. The maximum atomic E-state index is 13.2. The number of nitrogens with zero attached hydrogens (tertiary/aromatic N) is 2. The number of piperidine rings is 1. The van der Waals surface area contributed by atoms with Crippen molar-refractivity contribution in [1.82, 2.24) is 15.4 Å². The highest BCUT2D eigenvalue weighted by atomic mass is 16.7. The van der Waals surface area contributed by atoms with Gasteiger partial charge in [-0.3, -0.25) is 19.3 Å². The summed E-state index contributed by atoms with van der Waals surface area (Å²) in [5, 5.41) is 0.629. The van der Waals surface area contributed by atoms with E-state index < -0.39 is 47.4 Å². The third-order valence-corrected chi connectivity index (χ3v) is 7.42. The molecule has 1 saturated carbocycles. The summed E-state index contributed by atoms with van der Waals surface area (Å²) < 4.78 is 5.54. The number of hydrogen-bond donors (Lipinski definition) is 1. The molecule has 2 heterocycles. The molecule has 198 valence electrons. The van der Waals surface area contributed by atoms with Crippen LogP contribution in [0.5, 0.6) is 0 Å². The summed E-state index contributed by atoms with van der Waals surface area (Å²) in [6.45, 7) is 5.69. The predicted molar refractivity (Wildman–Crippen MR) is 130 cm³/mol. The Morgan fingerprint density at radius 2 is 1.65 bits per heavy atom. The zero-order valence-corrected chi connectivity index (χ0v) is 21.3. The van der Waals surface area contributed by atoms with Gasteiger partial charge in [-0.25, -0.2) is 9.59 Å². The first-order chi connectivity index (χ1) is 17.6. The van der Waals surface area contributed by atoms with Gasteiger partial charge in [-0.05, 0) is 57.4 Å². The zero-order chi connectivity index (χ0) is 26.3. The molecule has 2 bridgehead atoms. The van der Waals surface area contributed by atoms with E-state index in [-0.39, 0.29) is 30.8 Å². The van der Waals surface area contributed by atoms with Gasteiger partial charge in [0.15, 0.2) is 0 Å². The van der Waals surface area contributed by atoms with Crippen LogP contribution in [0.4, 0.5) is 4.79 Å². The van der Waals surface area contributed by atoms with Gasteiger partial charge in [0.25, 0.3) is 11.8 Å². The number of fused-ring (bicyclic) bond motifs is 5. The number of rotatable bonds is 6. The molecule has 2 aliphatic carbocycles. The van der Waals surface area contributed by atoms with Gasteiger partial charge < -0.3 is 9.57 Å². The number of imide groups is 1. The van der Waals surface area contributed by atoms with E-state index in [9.17, 15) is 19.2 Å². The smallest absolute Gasteiger partial charge is 0.411 e. The summed E-state index contributed by atoms with van der Waals surface area (Å²) in [5.41, 5.74) is 3.19. The first kappa shape index (κ1) is 25.4. The molecule has 0 spiro atoms. The Labute approximate surface area is 215 Å². The number of hydrogen-bond acceptors (Lipinski definition) is 8. The SMILES string of the molecule is CC(C)(C)OC(=O)N1C[C@H](NOCc2ccccc2)CC[C@H]1C(=O)ON1C(=O)[C@@H]2[C@H](C1=O)[C@@H]1C=C[C@H]2C1. The Bertz CT molecular complexity index is 1070. The maximum Gasteiger partial charge on any atom is 0.411 e. The van der Waals surface area contributed by atoms with E-state index in [1.807, 2.05) is 42.5 Å². The number of likely N-dealkylation sites (tertiary alicyclic amines) is 1. The van der Waals surface area contributed by atoms with Crippen molar-refractivity contribution in [1.29, 1.82) is 0 Å². The molecule has 3 amide bonds. The molecule has 0 unspecified atom stereocenters. The predicted octanol–water partition coefficient (Wildman–Crippen LogP) is 2.74. The Morgan fingerprint density at radius 3 is 2.27 bits per heavy atom. The topological polar surface area (TPSA) is 114 Å². The van der Waals surface area contributed by atoms with E-state index in [1.54, 1.807) is 20.8 Å². The highest BCUT2D eigenvalue weighted by Gasteiger charge is 2.61. The molecule has 3 fully saturated rings. The summed E-state index contributed by atoms with van der Waals surface area (Å²) in [5.74, 6) is -2.71. The van der Waals surface area contributed by atoms with Gasteiger partial charge >= 0.3 is 12.1 Å². The third-order valence-electron chi connectivity index (χ3n) is 7.42. The lowest BCUT2D eigenvalue weighted by Crippen LogP contribution is -2.57. The van der Waals surface area contributed by atoms with Crippen molar-refractivity contribution in [2.75, 3.05) is 6.54 Å². The molecule has 6 atom stereocenters. The molecule has 5 rings (SSSR count). The fraction of sp³-hybridized carbons (Fsp3) is 0.556. The van der Waals surface area contributed by atoms with E-state index in [0.29, 0.717) is 18.1 Å². The van der Waals surface area contributed by atoms with E-state index >= 15 is 0 Å². The van der Waals surface area contributed by atoms with Crippen molar-refractivity contribution >= 4 is 23.9 Å².